The highest BCUT2D eigenvalue weighted by Gasteiger charge is 2.18. The second-order valence-electron chi connectivity index (χ2n) is 6.10. The standard InChI is InChI=1S/C19H22ClN3O/c20-16-2-1-3-18(14-16)23-12-10-22(11-13-23)9-8-19(24)15-4-6-17(21)7-5-15/h1-7,14H,8-13,21H2. The molecule has 0 amide bonds. The second-order valence-corrected chi connectivity index (χ2v) is 6.54. The highest BCUT2D eigenvalue weighted by atomic mass is 35.5. The maximum absolute atomic E-state index is 12.2. The number of anilines is 2. The van der Waals surface area contributed by atoms with Gasteiger partial charge < -0.3 is 10.6 Å². The minimum Gasteiger partial charge on any atom is -0.399 e. The molecule has 0 radical (unpaired) electrons. The first-order valence-corrected chi connectivity index (χ1v) is 8.61. The van der Waals surface area contributed by atoms with E-state index in [1.165, 1.54) is 5.69 Å². The minimum atomic E-state index is 0.173. The zero-order chi connectivity index (χ0) is 16.9. The summed E-state index contributed by atoms with van der Waals surface area (Å²) < 4.78 is 0. The molecule has 2 aromatic carbocycles. The van der Waals surface area contributed by atoms with Gasteiger partial charge in [0.2, 0.25) is 0 Å². The number of nitrogens with two attached hydrogens (primary N) is 1. The van der Waals surface area contributed by atoms with Crippen LogP contribution in [0.15, 0.2) is 48.5 Å². The lowest BCUT2D eigenvalue weighted by molar-refractivity contribution is 0.0962. The van der Waals surface area contributed by atoms with Gasteiger partial charge in [-0.3, -0.25) is 9.69 Å². The molecule has 1 saturated heterocycles. The Morgan fingerprint density at radius 1 is 1.04 bits per heavy atom. The van der Waals surface area contributed by atoms with Crippen LogP contribution in [-0.2, 0) is 0 Å². The van der Waals surface area contributed by atoms with Crippen molar-refractivity contribution in [3.05, 3.63) is 59.1 Å². The van der Waals surface area contributed by atoms with E-state index in [1.54, 1.807) is 24.3 Å². The lowest BCUT2D eigenvalue weighted by Gasteiger charge is -2.36. The molecule has 24 heavy (non-hydrogen) atoms. The van der Waals surface area contributed by atoms with Crippen LogP contribution in [0.25, 0.3) is 0 Å². The van der Waals surface area contributed by atoms with E-state index in [2.05, 4.69) is 15.9 Å². The number of rotatable bonds is 5. The first-order chi connectivity index (χ1) is 11.6. The molecule has 0 spiro atoms. The number of benzene rings is 2. The fourth-order valence-electron chi connectivity index (χ4n) is 2.98. The molecule has 1 fully saturated rings. The fraction of sp³-hybridized carbons (Fsp3) is 0.316. The van der Waals surface area contributed by atoms with E-state index in [9.17, 15) is 4.79 Å². The SMILES string of the molecule is Nc1ccc(C(=O)CCN2CCN(c3cccc(Cl)c3)CC2)cc1. The minimum absolute atomic E-state index is 0.173. The van der Waals surface area contributed by atoms with Crippen molar-refractivity contribution in [3.8, 4) is 0 Å². The molecule has 0 aliphatic carbocycles. The molecular formula is C19H22ClN3O. The lowest BCUT2D eigenvalue weighted by Crippen LogP contribution is -2.46. The molecule has 0 bridgehead atoms. The van der Waals surface area contributed by atoms with Crippen molar-refractivity contribution in [3.63, 3.8) is 0 Å². The van der Waals surface area contributed by atoms with Crippen molar-refractivity contribution in [1.82, 2.24) is 4.90 Å². The Hall–Kier alpha value is -2.04. The van der Waals surface area contributed by atoms with Crippen LogP contribution in [-0.4, -0.2) is 43.4 Å². The van der Waals surface area contributed by atoms with Crippen LogP contribution in [0.1, 0.15) is 16.8 Å². The zero-order valence-corrected chi connectivity index (χ0v) is 14.4. The number of nitrogens with zero attached hydrogens (tertiary/aromatic N) is 2. The van der Waals surface area contributed by atoms with E-state index in [0.29, 0.717) is 12.1 Å². The van der Waals surface area contributed by atoms with Crippen molar-refractivity contribution < 1.29 is 4.79 Å². The molecule has 0 unspecified atom stereocenters. The molecule has 1 aliphatic heterocycles. The highest BCUT2D eigenvalue weighted by molar-refractivity contribution is 6.30. The summed E-state index contributed by atoms with van der Waals surface area (Å²) in [7, 11) is 0. The average Bonchev–Trinajstić information content (AvgIpc) is 2.61. The molecule has 4 nitrogen and oxygen atoms in total. The van der Waals surface area contributed by atoms with Gasteiger partial charge in [-0.25, -0.2) is 0 Å². The lowest BCUT2D eigenvalue weighted by atomic mass is 10.1. The number of carbonyl (C=O) groups excluding carboxylic acids is 1. The molecule has 2 aromatic rings. The maximum Gasteiger partial charge on any atom is 0.164 e. The van der Waals surface area contributed by atoms with Crippen LogP contribution in [0, 0.1) is 0 Å². The first kappa shape index (κ1) is 16.8. The zero-order valence-electron chi connectivity index (χ0n) is 13.6. The molecule has 0 aromatic heterocycles. The third kappa shape index (κ3) is 4.28. The summed E-state index contributed by atoms with van der Waals surface area (Å²) in [4.78, 5) is 16.9. The van der Waals surface area contributed by atoms with Gasteiger partial charge in [0, 0.05) is 61.1 Å². The van der Waals surface area contributed by atoms with Gasteiger partial charge in [-0.2, -0.15) is 0 Å². The summed E-state index contributed by atoms with van der Waals surface area (Å²) in [6.45, 7) is 4.63. The predicted octanol–water partition coefficient (Wildman–Crippen LogP) is 3.32. The van der Waals surface area contributed by atoms with E-state index in [0.717, 1.165) is 43.3 Å². The van der Waals surface area contributed by atoms with Gasteiger partial charge in [0.15, 0.2) is 5.78 Å². The Labute approximate surface area is 147 Å². The Kier molecular flexibility index (Phi) is 5.38. The molecule has 1 aliphatic rings. The van der Waals surface area contributed by atoms with Gasteiger partial charge in [0.05, 0.1) is 0 Å². The van der Waals surface area contributed by atoms with Crippen molar-refractivity contribution >= 4 is 28.8 Å². The average molecular weight is 344 g/mol. The summed E-state index contributed by atoms with van der Waals surface area (Å²) in [5.74, 6) is 0.173. The van der Waals surface area contributed by atoms with Crippen LogP contribution in [0.4, 0.5) is 11.4 Å². The predicted molar refractivity (Wildman–Crippen MR) is 99.9 cm³/mol. The van der Waals surface area contributed by atoms with Crippen LogP contribution in [0.3, 0.4) is 0 Å². The third-order valence-electron chi connectivity index (χ3n) is 4.43. The molecule has 0 saturated carbocycles. The van der Waals surface area contributed by atoms with Gasteiger partial charge in [0.25, 0.3) is 0 Å². The van der Waals surface area contributed by atoms with Crippen LogP contribution >= 0.6 is 11.6 Å². The van der Waals surface area contributed by atoms with Gasteiger partial charge in [-0.1, -0.05) is 17.7 Å². The van der Waals surface area contributed by atoms with Gasteiger partial charge >= 0.3 is 0 Å². The van der Waals surface area contributed by atoms with Crippen molar-refractivity contribution in [1.29, 1.82) is 0 Å². The van der Waals surface area contributed by atoms with Gasteiger partial charge in [0.1, 0.15) is 0 Å². The molecule has 0 atom stereocenters. The normalized spacial score (nSPS) is 15.5. The number of ketones is 1. The summed E-state index contributed by atoms with van der Waals surface area (Å²) in [6, 6.07) is 15.1. The summed E-state index contributed by atoms with van der Waals surface area (Å²) in [6.07, 6.45) is 0.543. The van der Waals surface area contributed by atoms with Gasteiger partial charge in [-0.15, -0.1) is 0 Å². The first-order valence-electron chi connectivity index (χ1n) is 8.23. The molecule has 3 rings (SSSR count). The van der Waals surface area contributed by atoms with Crippen LogP contribution in [0.5, 0.6) is 0 Å². The Bertz CT molecular complexity index is 694. The quantitative estimate of drug-likeness (QED) is 0.668. The molecule has 5 heteroatoms. The number of hydrogen-bond acceptors (Lipinski definition) is 4. The van der Waals surface area contributed by atoms with E-state index in [1.807, 2.05) is 18.2 Å². The van der Waals surface area contributed by atoms with Gasteiger partial charge in [-0.05, 0) is 42.5 Å². The number of carbonyl (C=O) groups is 1. The summed E-state index contributed by atoms with van der Waals surface area (Å²) in [5, 5.41) is 0.768. The maximum atomic E-state index is 12.2. The van der Waals surface area contributed by atoms with Crippen molar-refractivity contribution in [2.45, 2.75) is 6.42 Å². The fourth-order valence-corrected chi connectivity index (χ4v) is 3.16. The van der Waals surface area contributed by atoms with E-state index in [-0.39, 0.29) is 5.78 Å². The Balaban J connectivity index is 1.47. The molecule has 126 valence electrons. The van der Waals surface area contributed by atoms with E-state index >= 15 is 0 Å². The summed E-state index contributed by atoms with van der Waals surface area (Å²) >= 11 is 6.06. The highest BCUT2D eigenvalue weighted by Crippen LogP contribution is 2.21. The number of hydrogen-bond donors (Lipinski definition) is 1. The Morgan fingerprint density at radius 2 is 1.75 bits per heavy atom. The monoisotopic (exact) mass is 343 g/mol. The number of piperazine rings is 1. The number of Topliss-reactive ketones (excluding diaryl/α,β-unsaturated/α-hetero) is 1. The number of nitrogen functional groups attached to an aromatic ring is 1. The van der Waals surface area contributed by atoms with E-state index in [4.69, 9.17) is 17.3 Å². The number of halogens is 1. The van der Waals surface area contributed by atoms with Crippen molar-refractivity contribution in [2.75, 3.05) is 43.4 Å². The topological polar surface area (TPSA) is 49.6 Å². The van der Waals surface area contributed by atoms with Crippen LogP contribution < -0.4 is 10.6 Å². The molecular weight excluding hydrogens is 322 g/mol. The van der Waals surface area contributed by atoms with E-state index < -0.39 is 0 Å². The molecule has 2 N–H and O–H groups in total. The van der Waals surface area contributed by atoms with Crippen molar-refractivity contribution in [2.24, 2.45) is 0 Å². The Morgan fingerprint density at radius 3 is 2.42 bits per heavy atom. The summed E-state index contributed by atoms with van der Waals surface area (Å²) in [5.41, 5.74) is 8.24. The largest absolute Gasteiger partial charge is 0.399 e. The smallest absolute Gasteiger partial charge is 0.164 e. The molecule has 1 heterocycles. The third-order valence-corrected chi connectivity index (χ3v) is 4.67. The van der Waals surface area contributed by atoms with Crippen LogP contribution in [0.2, 0.25) is 5.02 Å². The second kappa shape index (κ2) is 7.69.